The molecule has 1 N–H and O–H groups in total. The number of hydrogen-bond donors (Lipinski definition) is 1. The standard InChI is InChI=1S/C16H27NO2S2/c1-4-12-17-14(2)7-5-6-13-20-15-8-10-16(11-9-15)21(3,18)19/h8-11,14,17H,4-7,12-13H2,1-3H3. The molecule has 0 amide bonds. The first kappa shape index (κ1) is 18.5. The number of unbranched alkanes of at least 4 members (excludes halogenated alkanes) is 1. The van der Waals surface area contributed by atoms with Gasteiger partial charge in [-0.3, -0.25) is 0 Å². The first-order valence-corrected chi connectivity index (χ1v) is 10.5. The van der Waals surface area contributed by atoms with Crippen molar-refractivity contribution in [3.63, 3.8) is 0 Å². The Morgan fingerprint density at radius 1 is 1.19 bits per heavy atom. The lowest BCUT2D eigenvalue weighted by Crippen LogP contribution is -2.26. The number of hydrogen-bond acceptors (Lipinski definition) is 4. The van der Waals surface area contributed by atoms with Crippen LogP contribution in [0.25, 0.3) is 0 Å². The molecular weight excluding hydrogens is 302 g/mol. The SMILES string of the molecule is CCCNC(C)CCCCSc1ccc(S(C)(=O)=O)cc1. The molecule has 0 aromatic heterocycles. The second kappa shape index (κ2) is 9.49. The maximum atomic E-state index is 11.4. The maximum absolute atomic E-state index is 11.4. The van der Waals surface area contributed by atoms with Gasteiger partial charge in [0.05, 0.1) is 4.90 Å². The second-order valence-electron chi connectivity index (χ2n) is 5.44. The number of sulfone groups is 1. The number of rotatable bonds is 10. The van der Waals surface area contributed by atoms with Crippen molar-refractivity contribution in [2.24, 2.45) is 0 Å². The van der Waals surface area contributed by atoms with E-state index in [0.29, 0.717) is 10.9 Å². The normalized spacial score (nSPS) is 13.3. The van der Waals surface area contributed by atoms with Gasteiger partial charge in [-0.1, -0.05) is 13.3 Å². The topological polar surface area (TPSA) is 46.2 Å². The fourth-order valence-corrected chi connectivity index (χ4v) is 3.56. The lowest BCUT2D eigenvalue weighted by atomic mass is 10.1. The predicted octanol–water partition coefficient (Wildman–Crippen LogP) is 3.74. The van der Waals surface area contributed by atoms with Gasteiger partial charge in [-0.15, -0.1) is 11.8 Å². The Labute approximate surface area is 133 Å². The molecule has 0 heterocycles. The highest BCUT2D eigenvalue weighted by Gasteiger charge is 2.06. The number of thioether (sulfide) groups is 1. The average molecular weight is 330 g/mol. The van der Waals surface area contributed by atoms with Crippen molar-refractivity contribution in [1.82, 2.24) is 5.32 Å². The summed E-state index contributed by atoms with van der Waals surface area (Å²) in [6, 6.07) is 7.77. The van der Waals surface area contributed by atoms with Crippen LogP contribution in [0.1, 0.15) is 39.5 Å². The van der Waals surface area contributed by atoms with Crippen molar-refractivity contribution in [1.29, 1.82) is 0 Å². The molecule has 1 rings (SSSR count). The molecular formula is C16H27NO2S2. The summed E-state index contributed by atoms with van der Waals surface area (Å²) in [6.07, 6.45) is 6.06. The zero-order valence-electron chi connectivity index (χ0n) is 13.3. The number of nitrogens with one attached hydrogen (secondary N) is 1. The van der Waals surface area contributed by atoms with Crippen molar-refractivity contribution < 1.29 is 8.42 Å². The summed E-state index contributed by atoms with van der Waals surface area (Å²) >= 11 is 1.79. The van der Waals surface area contributed by atoms with Crippen molar-refractivity contribution in [2.45, 2.75) is 55.4 Å². The summed E-state index contributed by atoms with van der Waals surface area (Å²) in [6.45, 7) is 5.53. The molecule has 0 aliphatic heterocycles. The van der Waals surface area contributed by atoms with E-state index < -0.39 is 9.84 Å². The summed E-state index contributed by atoms with van der Waals surface area (Å²) in [7, 11) is -3.08. The van der Waals surface area contributed by atoms with E-state index in [4.69, 9.17) is 0 Å². The second-order valence-corrected chi connectivity index (χ2v) is 8.63. The largest absolute Gasteiger partial charge is 0.314 e. The molecule has 0 radical (unpaired) electrons. The van der Waals surface area contributed by atoms with Gasteiger partial charge < -0.3 is 5.32 Å². The van der Waals surface area contributed by atoms with Crippen LogP contribution in [0, 0.1) is 0 Å². The van der Waals surface area contributed by atoms with Gasteiger partial charge in [-0.05, 0) is 62.7 Å². The quantitative estimate of drug-likeness (QED) is 0.525. The fraction of sp³-hybridized carbons (Fsp3) is 0.625. The van der Waals surface area contributed by atoms with Gasteiger partial charge in [0.2, 0.25) is 0 Å². The molecule has 0 fully saturated rings. The van der Waals surface area contributed by atoms with Crippen LogP contribution in [0.5, 0.6) is 0 Å². The minimum absolute atomic E-state index is 0.391. The summed E-state index contributed by atoms with van der Waals surface area (Å²) in [5, 5.41) is 3.50. The van der Waals surface area contributed by atoms with Gasteiger partial charge >= 0.3 is 0 Å². The predicted molar refractivity (Wildman–Crippen MR) is 91.9 cm³/mol. The molecule has 0 aliphatic carbocycles. The van der Waals surface area contributed by atoms with Crippen LogP contribution in [0.2, 0.25) is 0 Å². The highest BCUT2D eigenvalue weighted by molar-refractivity contribution is 7.99. The van der Waals surface area contributed by atoms with Crippen LogP contribution in [-0.4, -0.2) is 33.0 Å². The Kier molecular flexibility index (Phi) is 8.37. The first-order valence-electron chi connectivity index (χ1n) is 7.59. The highest BCUT2D eigenvalue weighted by Crippen LogP contribution is 2.21. The molecule has 0 aliphatic rings. The van der Waals surface area contributed by atoms with Crippen LogP contribution in [0.3, 0.4) is 0 Å². The molecule has 0 saturated carbocycles. The molecule has 1 aromatic rings. The lowest BCUT2D eigenvalue weighted by molar-refractivity contribution is 0.496. The lowest BCUT2D eigenvalue weighted by Gasteiger charge is -2.12. The van der Waals surface area contributed by atoms with E-state index in [1.54, 1.807) is 23.9 Å². The first-order chi connectivity index (χ1) is 9.93. The molecule has 0 bridgehead atoms. The maximum Gasteiger partial charge on any atom is 0.175 e. The van der Waals surface area contributed by atoms with E-state index in [2.05, 4.69) is 19.2 Å². The highest BCUT2D eigenvalue weighted by atomic mass is 32.2. The van der Waals surface area contributed by atoms with E-state index in [1.807, 2.05) is 12.1 Å². The van der Waals surface area contributed by atoms with E-state index in [0.717, 1.165) is 17.2 Å². The monoisotopic (exact) mass is 329 g/mol. The minimum Gasteiger partial charge on any atom is -0.314 e. The van der Waals surface area contributed by atoms with Gasteiger partial charge in [-0.25, -0.2) is 8.42 Å². The molecule has 120 valence electrons. The fourth-order valence-electron chi connectivity index (χ4n) is 2.02. The van der Waals surface area contributed by atoms with Crippen molar-refractivity contribution in [3.8, 4) is 0 Å². The van der Waals surface area contributed by atoms with Crippen LogP contribution in [0.4, 0.5) is 0 Å². The van der Waals surface area contributed by atoms with E-state index >= 15 is 0 Å². The summed E-state index contributed by atoms with van der Waals surface area (Å²) in [5.41, 5.74) is 0. The molecule has 1 atom stereocenters. The van der Waals surface area contributed by atoms with Crippen molar-refractivity contribution in [3.05, 3.63) is 24.3 Å². The third-order valence-electron chi connectivity index (χ3n) is 3.29. The van der Waals surface area contributed by atoms with Crippen LogP contribution < -0.4 is 5.32 Å². The smallest absolute Gasteiger partial charge is 0.175 e. The van der Waals surface area contributed by atoms with E-state index in [9.17, 15) is 8.42 Å². The molecule has 0 saturated heterocycles. The van der Waals surface area contributed by atoms with E-state index in [-0.39, 0.29) is 0 Å². The van der Waals surface area contributed by atoms with Gasteiger partial charge in [0.25, 0.3) is 0 Å². The summed E-state index contributed by atoms with van der Waals surface area (Å²) in [4.78, 5) is 1.53. The number of benzene rings is 1. The average Bonchev–Trinajstić information content (AvgIpc) is 2.44. The Morgan fingerprint density at radius 3 is 2.43 bits per heavy atom. The van der Waals surface area contributed by atoms with Crippen LogP contribution in [-0.2, 0) is 9.84 Å². The third-order valence-corrected chi connectivity index (χ3v) is 5.52. The van der Waals surface area contributed by atoms with Crippen LogP contribution in [0.15, 0.2) is 34.1 Å². The van der Waals surface area contributed by atoms with Gasteiger partial charge in [0, 0.05) is 17.2 Å². The van der Waals surface area contributed by atoms with Gasteiger partial charge in [-0.2, -0.15) is 0 Å². The Bertz CT molecular complexity index is 498. The summed E-state index contributed by atoms with van der Waals surface area (Å²) < 4.78 is 22.7. The Hall–Kier alpha value is -0.520. The van der Waals surface area contributed by atoms with Gasteiger partial charge in [0.15, 0.2) is 9.84 Å². The van der Waals surface area contributed by atoms with Gasteiger partial charge in [0.1, 0.15) is 0 Å². The van der Waals surface area contributed by atoms with Crippen LogP contribution >= 0.6 is 11.8 Å². The van der Waals surface area contributed by atoms with Crippen molar-refractivity contribution in [2.75, 3.05) is 18.6 Å². The molecule has 1 aromatic carbocycles. The molecule has 0 spiro atoms. The third kappa shape index (κ3) is 7.88. The molecule has 21 heavy (non-hydrogen) atoms. The zero-order chi connectivity index (χ0) is 15.7. The Balaban J connectivity index is 2.21. The molecule has 5 heteroatoms. The summed E-state index contributed by atoms with van der Waals surface area (Å²) in [5.74, 6) is 1.08. The minimum atomic E-state index is -3.08. The van der Waals surface area contributed by atoms with Crippen molar-refractivity contribution >= 4 is 21.6 Å². The van der Waals surface area contributed by atoms with E-state index in [1.165, 1.54) is 31.9 Å². The molecule has 3 nitrogen and oxygen atoms in total. The molecule has 1 unspecified atom stereocenters. The zero-order valence-corrected chi connectivity index (χ0v) is 14.9. The Morgan fingerprint density at radius 2 is 1.86 bits per heavy atom.